The summed E-state index contributed by atoms with van der Waals surface area (Å²) in [7, 11) is -1.47. The van der Waals surface area contributed by atoms with Gasteiger partial charge < -0.3 is 15.8 Å². The smallest absolute Gasteiger partial charge is 0.408 e. The van der Waals surface area contributed by atoms with Crippen molar-refractivity contribution >= 4 is 19.9 Å². The van der Waals surface area contributed by atoms with E-state index in [1.54, 1.807) is 0 Å². The highest BCUT2D eigenvalue weighted by atomic mass is 28.3. The Kier molecular flexibility index (Phi) is 5.90. The minimum absolute atomic E-state index is 0.183. The van der Waals surface area contributed by atoms with E-state index in [9.17, 15) is 4.79 Å². The maximum absolute atomic E-state index is 11.9. The van der Waals surface area contributed by atoms with Gasteiger partial charge in [0.2, 0.25) is 0 Å². The average molecular weight is 333 g/mol. The van der Waals surface area contributed by atoms with Gasteiger partial charge in [-0.25, -0.2) is 4.79 Å². The maximum Gasteiger partial charge on any atom is 0.408 e. The molecule has 5 heteroatoms. The van der Waals surface area contributed by atoms with Crippen molar-refractivity contribution in [3.05, 3.63) is 29.3 Å². The lowest BCUT2D eigenvalue weighted by Gasteiger charge is -2.22. The Morgan fingerprint density at radius 3 is 2.43 bits per heavy atom. The molecule has 3 N–H and O–H groups in total. The van der Waals surface area contributed by atoms with Gasteiger partial charge in [-0.05, 0) is 45.4 Å². The first-order valence-corrected chi connectivity index (χ1v) is 11.3. The molecule has 1 aromatic carbocycles. The molecular formula is C18H28N2O2Si. The van der Waals surface area contributed by atoms with Crippen LogP contribution in [0.2, 0.25) is 19.6 Å². The Labute approximate surface area is 140 Å². The molecule has 0 aliphatic carbocycles. The van der Waals surface area contributed by atoms with Gasteiger partial charge >= 0.3 is 6.09 Å². The minimum atomic E-state index is -1.47. The topological polar surface area (TPSA) is 64.3 Å². The van der Waals surface area contributed by atoms with E-state index in [0.717, 1.165) is 11.1 Å². The summed E-state index contributed by atoms with van der Waals surface area (Å²) in [6, 6.07) is 5.48. The van der Waals surface area contributed by atoms with Gasteiger partial charge in [-0.1, -0.05) is 31.6 Å². The number of carbonyl (C=O) groups is 1. The van der Waals surface area contributed by atoms with Crippen molar-refractivity contribution in [1.29, 1.82) is 0 Å². The van der Waals surface area contributed by atoms with Crippen molar-refractivity contribution in [3.63, 3.8) is 0 Å². The van der Waals surface area contributed by atoms with Gasteiger partial charge in [-0.3, -0.25) is 0 Å². The monoisotopic (exact) mass is 332 g/mol. The highest BCUT2D eigenvalue weighted by molar-refractivity contribution is 6.83. The molecule has 0 radical (unpaired) electrons. The first-order chi connectivity index (χ1) is 10.4. The van der Waals surface area contributed by atoms with Gasteiger partial charge in [0.25, 0.3) is 0 Å². The molecule has 126 valence electrons. The molecule has 1 atom stereocenters. The Morgan fingerprint density at radius 1 is 1.30 bits per heavy atom. The fraction of sp³-hybridized carbons (Fsp3) is 0.500. The molecule has 23 heavy (non-hydrogen) atoms. The number of hydrogen-bond donors (Lipinski definition) is 2. The van der Waals surface area contributed by atoms with E-state index in [4.69, 9.17) is 10.5 Å². The Balaban J connectivity index is 2.92. The zero-order valence-corrected chi connectivity index (χ0v) is 16.2. The predicted molar refractivity (Wildman–Crippen MR) is 98.9 cm³/mol. The Morgan fingerprint density at radius 2 is 1.91 bits per heavy atom. The molecule has 0 fully saturated rings. The summed E-state index contributed by atoms with van der Waals surface area (Å²) in [6.07, 6.45) is -0.434. The molecule has 1 aromatic rings. The third kappa shape index (κ3) is 7.25. The van der Waals surface area contributed by atoms with Crippen molar-refractivity contribution in [2.45, 2.75) is 59.0 Å². The van der Waals surface area contributed by atoms with Gasteiger partial charge in [0.15, 0.2) is 0 Å². The Bertz CT molecular complexity index is 631. The molecule has 0 aromatic heterocycles. The number of hydrogen-bond acceptors (Lipinski definition) is 3. The van der Waals surface area contributed by atoms with Crippen molar-refractivity contribution in [2.24, 2.45) is 0 Å². The first kappa shape index (κ1) is 19.1. The molecule has 0 aliphatic heterocycles. The van der Waals surface area contributed by atoms with Crippen LogP contribution in [0.4, 0.5) is 10.5 Å². The van der Waals surface area contributed by atoms with Crippen molar-refractivity contribution in [1.82, 2.24) is 5.32 Å². The second-order valence-electron chi connectivity index (χ2n) is 7.71. The van der Waals surface area contributed by atoms with Crippen molar-refractivity contribution in [3.8, 4) is 11.5 Å². The SMILES string of the molecule is CC(NC(=O)OC(C)(C)C)c1ccc(N)c(C#C[Si](C)(C)C)c1. The molecule has 0 spiro atoms. The lowest BCUT2D eigenvalue weighted by molar-refractivity contribution is 0.0508. The fourth-order valence-corrected chi connectivity index (χ4v) is 2.28. The molecule has 1 rings (SSSR count). The molecular weight excluding hydrogens is 304 g/mol. The summed E-state index contributed by atoms with van der Waals surface area (Å²) in [4.78, 5) is 11.9. The summed E-state index contributed by atoms with van der Waals surface area (Å²) in [5.41, 5.74) is 11.2. The van der Waals surface area contributed by atoms with Gasteiger partial charge in [0.1, 0.15) is 13.7 Å². The number of nitrogen functional groups attached to an aromatic ring is 1. The number of nitrogens with two attached hydrogens (primary N) is 1. The predicted octanol–water partition coefficient (Wildman–Crippen LogP) is 4.08. The largest absolute Gasteiger partial charge is 0.444 e. The summed E-state index contributed by atoms with van der Waals surface area (Å²) in [6.45, 7) is 14.0. The molecule has 0 bridgehead atoms. The van der Waals surface area contributed by atoms with E-state index in [2.05, 4.69) is 36.4 Å². The van der Waals surface area contributed by atoms with Crippen LogP contribution in [0.3, 0.4) is 0 Å². The maximum atomic E-state index is 11.9. The van der Waals surface area contributed by atoms with Crippen LogP contribution in [0.15, 0.2) is 18.2 Å². The van der Waals surface area contributed by atoms with Crippen molar-refractivity contribution < 1.29 is 9.53 Å². The van der Waals surface area contributed by atoms with E-state index in [-0.39, 0.29) is 6.04 Å². The van der Waals surface area contributed by atoms with Crippen LogP contribution in [-0.4, -0.2) is 19.8 Å². The average Bonchev–Trinajstić information content (AvgIpc) is 2.34. The number of amides is 1. The van der Waals surface area contributed by atoms with Crippen LogP contribution in [0.25, 0.3) is 0 Å². The highest BCUT2D eigenvalue weighted by Crippen LogP contribution is 2.19. The third-order valence-electron chi connectivity index (χ3n) is 2.88. The van der Waals surface area contributed by atoms with E-state index in [1.807, 2.05) is 45.9 Å². The van der Waals surface area contributed by atoms with E-state index in [1.165, 1.54) is 0 Å². The van der Waals surface area contributed by atoms with Gasteiger partial charge in [0.05, 0.1) is 6.04 Å². The molecule has 1 amide bonds. The minimum Gasteiger partial charge on any atom is -0.444 e. The normalized spacial score (nSPS) is 12.8. The molecule has 0 heterocycles. The Hall–Kier alpha value is -1.93. The number of rotatable bonds is 2. The first-order valence-electron chi connectivity index (χ1n) is 7.79. The summed E-state index contributed by atoms with van der Waals surface area (Å²) in [5.74, 6) is 3.18. The van der Waals surface area contributed by atoms with Gasteiger partial charge in [-0.15, -0.1) is 5.54 Å². The summed E-state index contributed by atoms with van der Waals surface area (Å²) >= 11 is 0. The van der Waals surface area contributed by atoms with Crippen LogP contribution in [0, 0.1) is 11.5 Å². The van der Waals surface area contributed by atoms with E-state index in [0.29, 0.717) is 5.69 Å². The third-order valence-corrected chi connectivity index (χ3v) is 3.76. The van der Waals surface area contributed by atoms with Gasteiger partial charge in [0, 0.05) is 11.3 Å². The van der Waals surface area contributed by atoms with E-state index < -0.39 is 19.8 Å². The highest BCUT2D eigenvalue weighted by Gasteiger charge is 2.18. The second kappa shape index (κ2) is 7.09. The van der Waals surface area contributed by atoms with E-state index >= 15 is 0 Å². The van der Waals surface area contributed by atoms with Crippen molar-refractivity contribution in [2.75, 3.05) is 5.73 Å². The molecule has 0 saturated heterocycles. The quantitative estimate of drug-likeness (QED) is 0.487. The summed E-state index contributed by atoms with van der Waals surface area (Å²) < 4.78 is 5.28. The number of ether oxygens (including phenoxy) is 1. The lowest BCUT2D eigenvalue weighted by Crippen LogP contribution is -2.34. The van der Waals surface area contributed by atoms with Crippen LogP contribution < -0.4 is 11.1 Å². The number of benzene rings is 1. The second-order valence-corrected chi connectivity index (χ2v) is 12.5. The molecule has 0 aliphatic rings. The standard InChI is InChI=1S/C18H28N2O2Si/c1-13(20-17(21)22-18(2,3)4)14-8-9-16(19)15(12-14)10-11-23(5,6)7/h8-9,12-13H,19H2,1-7H3,(H,20,21). The number of nitrogens with one attached hydrogen (secondary N) is 1. The molecule has 0 saturated carbocycles. The zero-order chi connectivity index (χ0) is 17.8. The number of anilines is 1. The van der Waals surface area contributed by atoms with Crippen LogP contribution in [0.1, 0.15) is 44.9 Å². The lowest BCUT2D eigenvalue weighted by atomic mass is 10.0. The summed E-state index contributed by atoms with van der Waals surface area (Å²) in [5, 5.41) is 2.83. The number of alkyl carbamates (subject to hydrolysis) is 1. The van der Waals surface area contributed by atoms with Crippen LogP contribution in [0.5, 0.6) is 0 Å². The zero-order valence-electron chi connectivity index (χ0n) is 15.2. The van der Waals surface area contributed by atoms with Gasteiger partial charge in [-0.2, -0.15) is 0 Å². The molecule has 4 nitrogen and oxygen atoms in total. The number of carbonyl (C=O) groups excluding carboxylic acids is 1. The van der Waals surface area contributed by atoms with Crippen LogP contribution >= 0.6 is 0 Å². The molecule has 1 unspecified atom stereocenters. The fourth-order valence-electron chi connectivity index (χ4n) is 1.77. The van der Waals surface area contributed by atoms with Crippen LogP contribution in [-0.2, 0) is 4.74 Å².